The molecular weight excluding hydrogens is 442 g/mol. The van der Waals surface area contributed by atoms with Gasteiger partial charge in [-0.1, -0.05) is 36.4 Å². The van der Waals surface area contributed by atoms with Gasteiger partial charge in [-0.05, 0) is 61.9 Å². The van der Waals surface area contributed by atoms with E-state index in [2.05, 4.69) is 10.6 Å². The molecule has 0 aliphatic carbocycles. The number of amides is 3. The molecule has 0 saturated heterocycles. The number of furan rings is 1. The van der Waals surface area contributed by atoms with E-state index in [1.807, 2.05) is 38.1 Å². The Bertz CT molecular complexity index is 1320. The summed E-state index contributed by atoms with van der Waals surface area (Å²) in [5, 5.41) is 6.52. The van der Waals surface area contributed by atoms with Crippen LogP contribution in [0, 0.1) is 0 Å². The minimum absolute atomic E-state index is 0.0635. The Kier molecular flexibility index (Phi) is 7.26. The first-order chi connectivity index (χ1) is 17.0. The highest BCUT2D eigenvalue weighted by atomic mass is 16.3. The Labute approximate surface area is 203 Å². The second-order valence-electron chi connectivity index (χ2n) is 8.08. The lowest BCUT2D eigenvalue weighted by Gasteiger charge is -2.19. The van der Waals surface area contributed by atoms with Gasteiger partial charge in [-0.3, -0.25) is 14.4 Å². The first kappa shape index (κ1) is 23.8. The number of hydrogen-bond acceptors (Lipinski definition) is 4. The number of benzene rings is 3. The highest BCUT2D eigenvalue weighted by Crippen LogP contribution is 2.20. The number of carbonyl (C=O) groups is 3. The zero-order chi connectivity index (χ0) is 24.8. The zero-order valence-corrected chi connectivity index (χ0v) is 19.7. The summed E-state index contributed by atoms with van der Waals surface area (Å²) >= 11 is 0. The van der Waals surface area contributed by atoms with Crippen molar-refractivity contribution in [2.45, 2.75) is 20.3 Å². The van der Waals surface area contributed by atoms with Gasteiger partial charge in [0.1, 0.15) is 5.58 Å². The zero-order valence-electron chi connectivity index (χ0n) is 19.7. The van der Waals surface area contributed by atoms with Crippen LogP contribution in [-0.4, -0.2) is 35.7 Å². The van der Waals surface area contributed by atoms with Gasteiger partial charge in [-0.15, -0.1) is 0 Å². The van der Waals surface area contributed by atoms with Crippen molar-refractivity contribution in [1.29, 1.82) is 0 Å². The van der Waals surface area contributed by atoms with Crippen molar-refractivity contribution in [3.8, 4) is 0 Å². The maximum Gasteiger partial charge on any atom is 0.291 e. The third kappa shape index (κ3) is 5.76. The number of carbonyl (C=O) groups excluding carboxylic acids is 3. The smallest absolute Gasteiger partial charge is 0.291 e. The minimum Gasteiger partial charge on any atom is -0.451 e. The fourth-order valence-corrected chi connectivity index (χ4v) is 3.81. The average molecular weight is 470 g/mol. The number of para-hydroxylation sites is 1. The van der Waals surface area contributed by atoms with Gasteiger partial charge in [0.2, 0.25) is 5.91 Å². The van der Waals surface area contributed by atoms with E-state index in [1.165, 1.54) is 0 Å². The molecule has 3 amide bonds. The Balaban J connectivity index is 1.34. The molecule has 0 saturated carbocycles. The first-order valence-corrected chi connectivity index (χ1v) is 11.5. The minimum atomic E-state index is -0.342. The van der Waals surface area contributed by atoms with E-state index < -0.39 is 0 Å². The van der Waals surface area contributed by atoms with Crippen LogP contribution in [0.2, 0.25) is 0 Å². The molecule has 0 spiro atoms. The third-order valence-electron chi connectivity index (χ3n) is 5.67. The average Bonchev–Trinajstić information content (AvgIpc) is 3.31. The van der Waals surface area contributed by atoms with Gasteiger partial charge in [0, 0.05) is 35.4 Å². The topological polar surface area (TPSA) is 91.7 Å². The molecule has 1 aromatic heterocycles. The number of anilines is 2. The van der Waals surface area contributed by atoms with E-state index in [1.54, 1.807) is 59.5 Å². The van der Waals surface area contributed by atoms with Crippen molar-refractivity contribution in [3.05, 3.63) is 95.7 Å². The molecule has 2 N–H and O–H groups in total. The van der Waals surface area contributed by atoms with Gasteiger partial charge in [0.15, 0.2) is 5.76 Å². The molecule has 1 heterocycles. The van der Waals surface area contributed by atoms with Crippen molar-refractivity contribution >= 4 is 40.1 Å². The SMILES string of the molecule is CCN(CC)C(=O)c1cccc(NC(=O)Cc2ccc(NC(=O)c3cc4ccccc4o3)cc2)c1. The summed E-state index contributed by atoms with van der Waals surface area (Å²) in [6.07, 6.45) is 0.159. The van der Waals surface area contributed by atoms with Crippen LogP contribution < -0.4 is 10.6 Å². The van der Waals surface area contributed by atoms with Crippen LogP contribution >= 0.6 is 0 Å². The molecule has 4 aromatic rings. The monoisotopic (exact) mass is 469 g/mol. The first-order valence-electron chi connectivity index (χ1n) is 11.5. The summed E-state index contributed by atoms with van der Waals surface area (Å²) in [6.45, 7) is 5.12. The largest absolute Gasteiger partial charge is 0.451 e. The Morgan fingerprint density at radius 3 is 2.26 bits per heavy atom. The second kappa shape index (κ2) is 10.7. The van der Waals surface area contributed by atoms with Crippen molar-refractivity contribution in [2.75, 3.05) is 23.7 Å². The number of rotatable bonds is 8. The van der Waals surface area contributed by atoms with Gasteiger partial charge < -0.3 is 20.0 Å². The summed E-state index contributed by atoms with van der Waals surface area (Å²) in [7, 11) is 0. The molecule has 7 nitrogen and oxygen atoms in total. The second-order valence-corrected chi connectivity index (χ2v) is 8.08. The molecule has 178 valence electrons. The van der Waals surface area contributed by atoms with Crippen LogP contribution in [0.4, 0.5) is 11.4 Å². The van der Waals surface area contributed by atoms with Gasteiger partial charge >= 0.3 is 0 Å². The van der Waals surface area contributed by atoms with Crippen LogP contribution in [-0.2, 0) is 11.2 Å². The van der Waals surface area contributed by atoms with Crippen LogP contribution in [0.1, 0.15) is 40.3 Å². The van der Waals surface area contributed by atoms with E-state index >= 15 is 0 Å². The quantitative estimate of drug-likeness (QED) is 0.364. The van der Waals surface area contributed by atoms with Gasteiger partial charge in [-0.2, -0.15) is 0 Å². The maximum atomic E-state index is 12.6. The molecule has 7 heteroatoms. The van der Waals surface area contributed by atoms with Crippen LogP contribution in [0.3, 0.4) is 0 Å². The highest BCUT2D eigenvalue weighted by Gasteiger charge is 2.14. The van der Waals surface area contributed by atoms with E-state index in [9.17, 15) is 14.4 Å². The van der Waals surface area contributed by atoms with Crippen LogP contribution in [0.5, 0.6) is 0 Å². The van der Waals surface area contributed by atoms with Crippen molar-refractivity contribution in [3.63, 3.8) is 0 Å². The summed E-state index contributed by atoms with van der Waals surface area (Å²) in [4.78, 5) is 39.4. The molecule has 4 rings (SSSR count). The molecule has 0 aliphatic heterocycles. The molecule has 0 radical (unpaired) electrons. The van der Waals surface area contributed by atoms with Crippen molar-refractivity contribution < 1.29 is 18.8 Å². The fraction of sp³-hybridized carbons (Fsp3) is 0.179. The molecule has 3 aromatic carbocycles. The number of nitrogens with zero attached hydrogens (tertiary/aromatic N) is 1. The Morgan fingerprint density at radius 1 is 0.800 bits per heavy atom. The van der Waals surface area contributed by atoms with Crippen molar-refractivity contribution in [1.82, 2.24) is 4.90 Å². The predicted octanol–water partition coefficient (Wildman–Crippen LogP) is 5.35. The molecule has 0 fully saturated rings. The van der Waals surface area contributed by atoms with E-state index in [-0.39, 0.29) is 29.9 Å². The van der Waals surface area contributed by atoms with E-state index in [4.69, 9.17) is 4.42 Å². The van der Waals surface area contributed by atoms with E-state index in [0.29, 0.717) is 35.6 Å². The number of hydrogen-bond donors (Lipinski definition) is 2. The van der Waals surface area contributed by atoms with Gasteiger partial charge in [0.25, 0.3) is 11.8 Å². The third-order valence-corrected chi connectivity index (χ3v) is 5.67. The van der Waals surface area contributed by atoms with Crippen molar-refractivity contribution in [2.24, 2.45) is 0 Å². The summed E-state index contributed by atoms with van der Waals surface area (Å²) < 4.78 is 5.60. The van der Waals surface area contributed by atoms with Gasteiger partial charge in [-0.25, -0.2) is 0 Å². The lowest BCUT2D eigenvalue weighted by atomic mass is 10.1. The fourth-order valence-electron chi connectivity index (χ4n) is 3.81. The number of fused-ring (bicyclic) bond motifs is 1. The molecule has 0 unspecified atom stereocenters. The molecule has 35 heavy (non-hydrogen) atoms. The lowest BCUT2D eigenvalue weighted by molar-refractivity contribution is -0.115. The summed E-state index contributed by atoms with van der Waals surface area (Å²) in [6, 6.07) is 23.1. The standard InChI is InChI=1S/C28H27N3O4/c1-3-31(4-2)28(34)21-9-7-10-23(17-21)29-26(32)16-19-12-14-22(15-13-19)30-27(33)25-18-20-8-5-6-11-24(20)35-25/h5-15,17-18H,3-4,16H2,1-2H3,(H,29,32)(H,30,33). The lowest BCUT2D eigenvalue weighted by Crippen LogP contribution is -2.30. The summed E-state index contributed by atoms with van der Waals surface area (Å²) in [5.74, 6) is -0.370. The van der Waals surface area contributed by atoms with Gasteiger partial charge in [0.05, 0.1) is 6.42 Å². The van der Waals surface area contributed by atoms with E-state index in [0.717, 1.165) is 10.9 Å². The Hall–Kier alpha value is -4.39. The van der Waals surface area contributed by atoms with Crippen LogP contribution in [0.15, 0.2) is 83.3 Å². The Morgan fingerprint density at radius 2 is 1.54 bits per heavy atom. The normalized spacial score (nSPS) is 10.7. The maximum absolute atomic E-state index is 12.6. The molecule has 0 atom stereocenters. The van der Waals surface area contributed by atoms with Crippen LogP contribution in [0.25, 0.3) is 11.0 Å². The number of nitrogens with one attached hydrogen (secondary N) is 2. The summed E-state index contributed by atoms with van der Waals surface area (Å²) in [5.41, 5.74) is 3.16. The molecular formula is C28H27N3O4. The molecule has 0 aliphatic rings. The predicted molar refractivity (Wildman–Crippen MR) is 137 cm³/mol. The molecule has 0 bridgehead atoms. The highest BCUT2D eigenvalue weighted by molar-refractivity contribution is 6.04.